The molecule has 0 bridgehead atoms. The van der Waals surface area contributed by atoms with Crippen LogP contribution in [0, 0.1) is 5.92 Å². The number of allylic oxidation sites excluding steroid dienone is 1. The summed E-state index contributed by atoms with van der Waals surface area (Å²) in [4.78, 5) is 25.2. The van der Waals surface area contributed by atoms with Crippen molar-refractivity contribution in [2.45, 2.75) is 52.1 Å². The molecule has 0 spiro atoms. The van der Waals surface area contributed by atoms with E-state index in [1.807, 2.05) is 26.8 Å². The van der Waals surface area contributed by atoms with E-state index in [2.05, 4.69) is 28.9 Å². The molecule has 2 heterocycles. The zero-order chi connectivity index (χ0) is 15.1. The van der Waals surface area contributed by atoms with Crippen LogP contribution in [0.25, 0.3) is 0 Å². The Labute approximate surface area is 121 Å². The summed E-state index contributed by atoms with van der Waals surface area (Å²) in [5.74, 6) is 0.118. The molecule has 0 aromatic heterocycles. The topological polar surface area (TPSA) is 49.4 Å². The summed E-state index contributed by atoms with van der Waals surface area (Å²) in [6.45, 7) is 10.8. The SMILES string of the molecule is C=CC1C(/C=C\C)CCN1C1CCC(=O)NC1=O.CC. The molecule has 3 atom stereocenters. The Morgan fingerprint density at radius 2 is 2.00 bits per heavy atom. The highest BCUT2D eigenvalue weighted by Crippen LogP contribution is 2.30. The highest BCUT2D eigenvalue weighted by molar-refractivity contribution is 6.00. The highest BCUT2D eigenvalue weighted by Gasteiger charge is 2.40. The van der Waals surface area contributed by atoms with Crippen molar-refractivity contribution in [3.05, 3.63) is 24.8 Å². The van der Waals surface area contributed by atoms with Gasteiger partial charge in [-0.2, -0.15) is 0 Å². The zero-order valence-corrected chi connectivity index (χ0v) is 12.8. The van der Waals surface area contributed by atoms with Crippen LogP contribution in [0.15, 0.2) is 24.8 Å². The lowest BCUT2D eigenvalue weighted by Gasteiger charge is -2.33. The second-order valence-electron chi connectivity index (χ2n) is 4.91. The van der Waals surface area contributed by atoms with Gasteiger partial charge < -0.3 is 0 Å². The lowest BCUT2D eigenvalue weighted by atomic mass is 9.98. The number of carbonyl (C=O) groups excluding carboxylic acids is 2. The molecule has 2 saturated heterocycles. The Kier molecular flexibility index (Phi) is 6.65. The lowest BCUT2D eigenvalue weighted by Crippen LogP contribution is -2.53. The van der Waals surface area contributed by atoms with Gasteiger partial charge >= 0.3 is 0 Å². The highest BCUT2D eigenvalue weighted by atomic mass is 16.2. The van der Waals surface area contributed by atoms with Gasteiger partial charge in [0.05, 0.1) is 6.04 Å². The molecule has 2 aliphatic heterocycles. The fourth-order valence-corrected chi connectivity index (χ4v) is 2.99. The van der Waals surface area contributed by atoms with E-state index in [0.29, 0.717) is 18.8 Å². The zero-order valence-electron chi connectivity index (χ0n) is 12.8. The van der Waals surface area contributed by atoms with Crippen molar-refractivity contribution in [2.24, 2.45) is 5.92 Å². The van der Waals surface area contributed by atoms with Crippen LogP contribution in [0.3, 0.4) is 0 Å². The molecule has 0 aromatic rings. The Morgan fingerprint density at radius 3 is 2.55 bits per heavy atom. The lowest BCUT2D eigenvalue weighted by molar-refractivity contribution is -0.137. The van der Waals surface area contributed by atoms with Crippen LogP contribution in [-0.4, -0.2) is 35.3 Å². The minimum atomic E-state index is -0.180. The number of likely N-dealkylation sites (tertiary alicyclic amines) is 1. The maximum Gasteiger partial charge on any atom is 0.243 e. The average molecular weight is 278 g/mol. The molecule has 0 aliphatic carbocycles. The fraction of sp³-hybridized carbons (Fsp3) is 0.625. The summed E-state index contributed by atoms with van der Waals surface area (Å²) in [6, 6.07) is 0.0195. The van der Waals surface area contributed by atoms with Gasteiger partial charge in [-0.05, 0) is 25.7 Å². The van der Waals surface area contributed by atoms with Crippen molar-refractivity contribution >= 4 is 11.8 Å². The third kappa shape index (κ3) is 3.57. The predicted octanol–water partition coefficient (Wildman–Crippen LogP) is 2.27. The largest absolute Gasteiger partial charge is 0.295 e. The van der Waals surface area contributed by atoms with Gasteiger partial charge in [0.15, 0.2) is 0 Å². The maximum atomic E-state index is 11.9. The van der Waals surface area contributed by atoms with Gasteiger partial charge in [-0.1, -0.05) is 32.1 Å². The van der Waals surface area contributed by atoms with Crippen LogP contribution in [0.4, 0.5) is 0 Å². The van der Waals surface area contributed by atoms with Crippen LogP contribution in [0.2, 0.25) is 0 Å². The standard InChI is InChI=1S/C14H20N2O2.C2H6/c1-3-5-10-8-9-16(11(10)4-2)12-6-7-13(17)15-14(12)18;1-2/h3-5,10-12H,2,6-9H2,1H3,(H,15,17,18);1-2H3/b5-3-;. The van der Waals surface area contributed by atoms with E-state index in [-0.39, 0.29) is 23.9 Å². The third-order valence-corrected chi connectivity index (χ3v) is 3.83. The smallest absolute Gasteiger partial charge is 0.243 e. The molecule has 2 amide bonds. The monoisotopic (exact) mass is 278 g/mol. The molecule has 0 radical (unpaired) electrons. The number of carbonyl (C=O) groups is 2. The summed E-state index contributed by atoms with van der Waals surface area (Å²) >= 11 is 0. The summed E-state index contributed by atoms with van der Waals surface area (Å²) in [7, 11) is 0. The van der Waals surface area contributed by atoms with Crippen molar-refractivity contribution in [1.82, 2.24) is 10.2 Å². The number of amides is 2. The van der Waals surface area contributed by atoms with Crippen LogP contribution in [-0.2, 0) is 9.59 Å². The van der Waals surface area contributed by atoms with E-state index in [1.165, 1.54) is 0 Å². The summed E-state index contributed by atoms with van der Waals surface area (Å²) < 4.78 is 0. The average Bonchev–Trinajstić information content (AvgIpc) is 2.84. The molecule has 2 rings (SSSR count). The van der Waals surface area contributed by atoms with Crippen molar-refractivity contribution in [3.63, 3.8) is 0 Å². The van der Waals surface area contributed by atoms with E-state index in [4.69, 9.17) is 0 Å². The summed E-state index contributed by atoms with van der Waals surface area (Å²) in [5, 5.41) is 2.43. The van der Waals surface area contributed by atoms with Crippen molar-refractivity contribution in [3.8, 4) is 0 Å². The molecular weight excluding hydrogens is 252 g/mol. The maximum absolute atomic E-state index is 11.9. The van der Waals surface area contributed by atoms with Crippen molar-refractivity contribution < 1.29 is 9.59 Å². The van der Waals surface area contributed by atoms with Crippen LogP contribution in [0.1, 0.15) is 40.0 Å². The van der Waals surface area contributed by atoms with Crippen LogP contribution in [0.5, 0.6) is 0 Å². The van der Waals surface area contributed by atoms with E-state index < -0.39 is 0 Å². The number of imide groups is 1. The number of rotatable bonds is 3. The van der Waals surface area contributed by atoms with Gasteiger partial charge in [0.2, 0.25) is 11.8 Å². The van der Waals surface area contributed by atoms with E-state index in [9.17, 15) is 9.59 Å². The molecule has 3 unspecified atom stereocenters. The van der Waals surface area contributed by atoms with Gasteiger partial charge in [0.25, 0.3) is 0 Å². The van der Waals surface area contributed by atoms with Crippen LogP contribution >= 0.6 is 0 Å². The first-order valence-electron chi connectivity index (χ1n) is 7.52. The Balaban J connectivity index is 0.000000956. The first kappa shape index (κ1) is 16.6. The molecule has 0 aromatic carbocycles. The quantitative estimate of drug-likeness (QED) is 0.636. The number of piperidine rings is 1. The number of nitrogens with zero attached hydrogens (tertiary/aromatic N) is 1. The van der Waals surface area contributed by atoms with Crippen molar-refractivity contribution in [2.75, 3.05) is 6.54 Å². The molecular formula is C16H26N2O2. The number of hydrogen-bond donors (Lipinski definition) is 1. The summed E-state index contributed by atoms with van der Waals surface area (Å²) in [5.41, 5.74) is 0. The normalized spacial score (nSPS) is 30.9. The number of nitrogens with one attached hydrogen (secondary N) is 1. The second-order valence-corrected chi connectivity index (χ2v) is 4.91. The van der Waals surface area contributed by atoms with Gasteiger partial charge in [-0.25, -0.2) is 0 Å². The minimum Gasteiger partial charge on any atom is -0.295 e. The van der Waals surface area contributed by atoms with Crippen LogP contribution < -0.4 is 5.32 Å². The second kappa shape index (κ2) is 8.00. The first-order chi connectivity index (χ1) is 9.67. The van der Waals surface area contributed by atoms with E-state index in [0.717, 1.165) is 13.0 Å². The molecule has 2 aliphatic rings. The first-order valence-corrected chi connectivity index (χ1v) is 7.52. The van der Waals surface area contributed by atoms with Gasteiger partial charge in [0.1, 0.15) is 0 Å². The Hall–Kier alpha value is -1.42. The van der Waals surface area contributed by atoms with Gasteiger partial charge in [0, 0.05) is 19.0 Å². The van der Waals surface area contributed by atoms with Gasteiger partial charge in [-0.15, -0.1) is 6.58 Å². The number of hydrogen-bond acceptors (Lipinski definition) is 3. The fourth-order valence-electron chi connectivity index (χ4n) is 2.99. The van der Waals surface area contributed by atoms with Crippen molar-refractivity contribution in [1.29, 1.82) is 0 Å². The molecule has 112 valence electrons. The Bertz CT molecular complexity index is 390. The molecule has 20 heavy (non-hydrogen) atoms. The van der Waals surface area contributed by atoms with Gasteiger partial charge in [-0.3, -0.25) is 19.8 Å². The molecule has 4 nitrogen and oxygen atoms in total. The van der Waals surface area contributed by atoms with E-state index >= 15 is 0 Å². The predicted molar refractivity (Wildman–Crippen MR) is 81.1 cm³/mol. The summed E-state index contributed by atoms with van der Waals surface area (Å²) in [6.07, 6.45) is 8.25. The molecule has 0 saturated carbocycles. The molecule has 4 heteroatoms. The minimum absolute atomic E-state index is 0.153. The molecule has 2 fully saturated rings. The Morgan fingerprint density at radius 1 is 1.30 bits per heavy atom. The third-order valence-electron chi connectivity index (χ3n) is 3.83. The van der Waals surface area contributed by atoms with E-state index in [1.54, 1.807) is 0 Å². The molecule has 1 N–H and O–H groups in total.